The van der Waals surface area contributed by atoms with Crippen molar-refractivity contribution in [2.24, 2.45) is 0 Å². The molecule has 0 fully saturated rings. The van der Waals surface area contributed by atoms with Crippen molar-refractivity contribution in [1.82, 2.24) is 19.9 Å². The first-order chi connectivity index (χ1) is 15.7. The van der Waals surface area contributed by atoms with Gasteiger partial charge in [-0.05, 0) is 41.5 Å². The average Bonchev–Trinajstić information content (AvgIpc) is 2.83. The predicted octanol–water partition coefficient (Wildman–Crippen LogP) is 4.29. The topological polar surface area (TPSA) is 113 Å². The van der Waals surface area contributed by atoms with Gasteiger partial charge in [0.1, 0.15) is 11.6 Å². The van der Waals surface area contributed by atoms with Crippen molar-refractivity contribution in [3.05, 3.63) is 96.7 Å². The zero-order valence-electron chi connectivity index (χ0n) is 17.2. The molecule has 0 aliphatic rings. The third kappa shape index (κ3) is 4.62. The lowest BCUT2D eigenvalue weighted by Gasteiger charge is -2.33. The lowest BCUT2D eigenvalue weighted by atomic mass is 9.99. The summed E-state index contributed by atoms with van der Waals surface area (Å²) < 4.78 is 5.21. The van der Waals surface area contributed by atoms with Gasteiger partial charge in [0.25, 0.3) is 0 Å². The molecule has 2 N–H and O–H groups in total. The van der Waals surface area contributed by atoms with Crippen molar-refractivity contribution >= 4 is 23.4 Å². The Morgan fingerprint density at radius 2 is 1.69 bits per heavy atom. The zero-order valence-corrected chi connectivity index (χ0v) is 17.2. The van der Waals surface area contributed by atoms with Crippen molar-refractivity contribution < 1.29 is 14.6 Å². The van der Waals surface area contributed by atoms with E-state index < -0.39 is 6.09 Å². The van der Waals surface area contributed by atoms with Crippen LogP contribution in [-0.2, 0) is 0 Å². The van der Waals surface area contributed by atoms with Gasteiger partial charge in [0.05, 0.1) is 25.0 Å². The number of anilines is 3. The van der Waals surface area contributed by atoms with Crippen molar-refractivity contribution in [2.45, 2.75) is 6.04 Å². The van der Waals surface area contributed by atoms with Crippen LogP contribution in [0.25, 0.3) is 0 Å². The number of nitrogens with zero attached hydrogens (tertiary/aromatic N) is 5. The smallest absolute Gasteiger partial charge is 0.410 e. The van der Waals surface area contributed by atoms with Crippen LogP contribution in [-0.4, -0.2) is 38.2 Å². The van der Waals surface area contributed by atoms with Gasteiger partial charge in [-0.25, -0.2) is 14.8 Å². The standard InChI is InChI=1S/C23H20N6O3/c1-32-21-10-9-18(15-26-21)29(20-8-2-7-19(27-20)28-23(30)31)22(16-5-3-11-24-13-16)17-6-4-12-25-14-17/h2-15,22H,1H3,(H,27,28)(H,30,31). The Morgan fingerprint density at radius 3 is 2.22 bits per heavy atom. The number of aromatic nitrogens is 4. The van der Waals surface area contributed by atoms with Gasteiger partial charge in [-0.3, -0.25) is 15.3 Å². The van der Waals surface area contributed by atoms with Gasteiger partial charge in [0.2, 0.25) is 5.88 Å². The third-order valence-electron chi connectivity index (χ3n) is 4.68. The molecule has 4 rings (SSSR count). The fourth-order valence-corrected chi connectivity index (χ4v) is 3.35. The van der Waals surface area contributed by atoms with Gasteiger partial charge in [0, 0.05) is 30.9 Å². The Kier molecular flexibility index (Phi) is 6.17. The largest absolute Gasteiger partial charge is 0.481 e. The minimum absolute atomic E-state index is 0.206. The molecule has 9 heteroatoms. The van der Waals surface area contributed by atoms with Gasteiger partial charge >= 0.3 is 6.09 Å². The van der Waals surface area contributed by atoms with Crippen LogP contribution in [0.2, 0.25) is 0 Å². The fraction of sp³-hybridized carbons (Fsp3) is 0.0870. The van der Waals surface area contributed by atoms with E-state index in [-0.39, 0.29) is 11.9 Å². The first-order valence-electron chi connectivity index (χ1n) is 9.72. The molecule has 0 spiro atoms. The minimum Gasteiger partial charge on any atom is -0.481 e. The molecule has 32 heavy (non-hydrogen) atoms. The summed E-state index contributed by atoms with van der Waals surface area (Å²) in [7, 11) is 1.55. The Morgan fingerprint density at radius 1 is 0.969 bits per heavy atom. The molecule has 0 bridgehead atoms. The Bertz CT molecular complexity index is 1130. The molecule has 1 amide bonds. The first kappa shape index (κ1) is 20.7. The van der Waals surface area contributed by atoms with Crippen molar-refractivity contribution in [2.75, 3.05) is 17.3 Å². The zero-order chi connectivity index (χ0) is 22.3. The number of rotatable bonds is 7. The highest BCUT2D eigenvalue weighted by Crippen LogP contribution is 2.38. The molecular formula is C23H20N6O3. The molecule has 4 heterocycles. The average molecular weight is 428 g/mol. The highest BCUT2D eigenvalue weighted by molar-refractivity contribution is 5.82. The Balaban J connectivity index is 1.91. The Hall–Kier alpha value is -4.53. The maximum absolute atomic E-state index is 11.2. The van der Waals surface area contributed by atoms with E-state index in [1.165, 1.54) is 0 Å². The summed E-state index contributed by atoms with van der Waals surface area (Å²) in [5.74, 6) is 1.20. The van der Waals surface area contributed by atoms with Crippen molar-refractivity contribution in [1.29, 1.82) is 0 Å². The fourth-order valence-electron chi connectivity index (χ4n) is 3.35. The highest BCUT2D eigenvalue weighted by Gasteiger charge is 2.26. The normalized spacial score (nSPS) is 10.6. The summed E-state index contributed by atoms with van der Waals surface area (Å²) in [4.78, 5) is 30.6. The van der Waals surface area contributed by atoms with Crippen LogP contribution in [0.1, 0.15) is 17.2 Å². The van der Waals surface area contributed by atoms with Gasteiger partial charge in [0.15, 0.2) is 0 Å². The second-order valence-electron chi connectivity index (χ2n) is 6.72. The van der Waals surface area contributed by atoms with Crippen LogP contribution < -0.4 is 15.0 Å². The lowest BCUT2D eigenvalue weighted by Crippen LogP contribution is -2.26. The predicted molar refractivity (Wildman–Crippen MR) is 119 cm³/mol. The molecule has 0 aliphatic heterocycles. The molecule has 0 radical (unpaired) electrons. The number of nitrogens with one attached hydrogen (secondary N) is 1. The molecule has 0 aromatic carbocycles. The maximum Gasteiger partial charge on any atom is 0.410 e. The summed E-state index contributed by atoms with van der Waals surface area (Å²) in [5.41, 5.74) is 2.52. The SMILES string of the molecule is COc1ccc(N(c2cccc(NC(=O)O)n2)C(c2cccnc2)c2cccnc2)cn1. The highest BCUT2D eigenvalue weighted by atomic mass is 16.5. The maximum atomic E-state index is 11.2. The summed E-state index contributed by atoms with van der Waals surface area (Å²) in [6.45, 7) is 0. The van der Waals surface area contributed by atoms with E-state index in [2.05, 4.69) is 25.3 Å². The number of amides is 1. The van der Waals surface area contributed by atoms with E-state index in [4.69, 9.17) is 9.84 Å². The van der Waals surface area contributed by atoms with E-state index in [1.807, 2.05) is 35.2 Å². The summed E-state index contributed by atoms with van der Waals surface area (Å²) in [6.07, 6.45) is 7.46. The molecule has 0 saturated carbocycles. The molecule has 160 valence electrons. The van der Waals surface area contributed by atoms with E-state index in [9.17, 15) is 4.79 Å². The molecule has 4 aromatic rings. The summed E-state index contributed by atoms with van der Waals surface area (Å²) in [6, 6.07) is 16.0. The van der Waals surface area contributed by atoms with E-state index in [0.717, 1.165) is 16.8 Å². The second kappa shape index (κ2) is 9.52. The number of carbonyl (C=O) groups is 1. The van der Waals surface area contributed by atoms with E-state index in [1.54, 1.807) is 62.4 Å². The first-order valence-corrected chi connectivity index (χ1v) is 9.72. The molecule has 0 aliphatic carbocycles. The van der Waals surface area contributed by atoms with Crippen molar-refractivity contribution in [3.63, 3.8) is 0 Å². The number of methoxy groups -OCH3 is 1. The molecule has 0 unspecified atom stereocenters. The summed E-state index contributed by atoms with van der Waals surface area (Å²) >= 11 is 0. The van der Waals surface area contributed by atoms with Gasteiger partial charge in [-0.2, -0.15) is 0 Å². The lowest BCUT2D eigenvalue weighted by molar-refractivity contribution is 0.209. The van der Waals surface area contributed by atoms with Gasteiger partial charge < -0.3 is 14.7 Å². The van der Waals surface area contributed by atoms with Crippen LogP contribution in [0.3, 0.4) is 0 Å². The number of pyridine rings is 4. The van der Waals surface area contributed by atoms with Gasteiger partial charge in [-0.1, -0.05) is 18.2 Å². The molecule has 9 nitrogen and oxygen atoms in total. The summed E-state index contributed by atoms with van der Waals surface area (Å²) in [5, 5.41) is 11.4. The van der Waals surface area contributed by atoms with Crippen LogP contribution in [0.4, 0.5) is 22.1 Å². The van der Waals surface area contributed by atoms with Crippen LogP contribution in [0.15, 0.2) is 85.6 Å². The molecule has 0 atom stereocenters. The van der Waals surface area contributed by atoms with Crippen LogP contribution >= 0.6 is 0 Å². The minimum atomic E-state index is -1.19. The molecule has 0 saturated heterocycles. The Labute approximate surface area is 184 Å². The number of hydrogen-bond donors (Lipinski definition) is 2. The van der Waals surface area contributed by atoms with E-state index >= 15 is 0 Å². The van der Waals surface area contributed by atoms with Gasteiger partial charge in [-0.15, -0.1) is 0 Å². The quantitative estimate of drug-likeness (QED) is 0.448. The van der Waals surface area contributed by atoms with Crippen LogP contribution in [0, 0.1) is 0 Å². The monoisotopic (exact) mass is 428 g/mol. The second-order valence-corrected chi connectivity index (χ2v) is 6.72. The van der Waals surface area contributed by atoms with Crippen molar-refractivity contribution in [3.8, 4) is 5.88 Å². The number of hydrogen-bond acceptors (Lipinski definition) is 7. The molecule has 4 aromatic heterocycles. The number of carboxylic acid groups (broad SMARTS) is 1. The van der Waals surface area contributed by atoms with Crippen LogP contribution in [0.5, 0.6) is 5.88 Å². The molecular weight excluding hydrogens is 408 g/mol. The number of ether oxygens (including phenoxy) is 1. The van der Waals surface area contributed by atoms with E-state index in [0.29, 0.717) is 11.7 Å². The third-order valence-corrected chi connectivity index (χ3v) is 4.68.